The van der Waals surface area contributed by atoms with E-state index in [1.165, 1.54) is 11.1 Å². The van der Waals surface area contributed by atoms with Gasteiger partial charge in [-0.3, -0.25) is 10.2 Å². The fraction of sp³-hybridized carbons (Fsp3) is 0.316. The van der Waals surface area contributed by atoms with Gasteiger partial charge in [0.05, 0.1) is 12.0 Å². The van der Waals surface area contributed by atoms with Crippen molar-refractivity contribution in [1.29, 1.82) is 0 Å². The molecule has 0 saturated carbocycles. The average Bonchev–Trinajstić information content (AvgIpc) is 3.03. The van der Waals surface area contributed by atoms with Crippen molar-refractivity contribution >= 4 is 5.91 Å². The molecule has 2 aromatic carbocycles. The second kappa shape index (κ2) is 6.94. The van der Waals surface area contributed by atoms with Crippen LogP contribution in [0.4, 0.5) is 0 Å². The molecule has 1 amide bonds. The van der Waals surface area contributed by atoms with Crippen LogP contribution >= 0.6 is 0 Å². The predicted molar refractivity (Wildman–Crippen MR) is 91.6 cm³/mol. The highest BCUT2D eigenvalue weighted by atomic mass is 16.2. The van der Waals surface area contributed by atoms with Crippen LogP contribution in [0.5, 0.6) is 0 Å². The number of nitrogens with one attached hydrogen (secondary N) is 3. The largest absolute Gasteiger partial charge is 0.352 e. The lowest BCUT2D eigenvalue weighted by atomic mass is 9.93. The second-order valence-electron chi connectivity index (χ2n) is 6.17. The molecule has 2 aromatic rings. The Bertz CT molecular complexity index is 699. The fourth-order valence-electron chi connectivity index (χ4n) is 3.04. The van der Waals surface area contributed by atoms with Crippen molar-refractivity contribution in [1.82, 2.24) is 16.2 Å². The number of rotatable bonds is 4. The standard InChI is InChI=1S/C19H23N3O/c1-13-6-5-9-15(10-13)18-17(12-21-22-18)19(23)20-11-16-8-4-3-7-14(16)2/h3-10,17-18,21-22H,11-12H2,1-2H3,(H,20,23). The first kappa shape index (κ1) is 15.7. The number of carbonyl (C=O) groups is 1. The number of benzene rings is 2. The third kappa shape index (κ3) is 3.60. The quantitative estimate of drug-likeness (QED) is 0.813. The van der Waals surface area contributed by atoms with Crippen LogP contribution in [0.15, 0.2) is 48.5 Å². The molecule has 120 valence electrons. The lowest BCUT2D eigenvalue weighted by Crippen LogP contribution is -2.34. The van der Waals surface area contributed by atoms with E-state index in [9.17, 15) is 4.79 Å². The summed E-state index contributed by atoms with van der Waals surface area (Å²) in [6.07, 6.45) is 0. The molecule has 0 spiro atoms. The summed E-state index contributed by atoms with van der Waals surface area (Å²) in [7, 11) is 0. The van der Waals surface area contributed by atoms with E-state index in [-0.39, 0.29) is 17.9 Å². The molecule has 0 bridgehead atoms. The minimum Gasteiger partial charge on any atom is -0.352 e. The van der Waals surface area contributed by atoms with Gasteiger partial charge in [0, 0.05) is 13.1 Å². The van der Waals surface area contributed by atoms with Crippen LogP contribution in [0, 0.1) is 19.8 Å². The molecule has 4 heteroatoms. The summed E-state index contributed by atoms with van der Waals surface area (Å²) in [5.41, 5.74) is 11.1. The van der Waals surface area contributed by atoms with Crippen molar-refractivity contribution in [2.75, 3.05) is 6.54 Å². The number of hydrogen-bond donors (Lipinski definition) is 3. The van der Waals surface area contributed by atoms with Crippen LogP contribution in [0.1, 0.15) is 28.3 Å². The van der Waals surface area contributed by atoms with Gasteiger partial charge in [0.25, 0.3) is 0 Å². The molecule has 1 saturated heterocycles. The highest BCUT2D eigenvalue weighted by Crippen LogP contribution is 2.25. The summed E-state index contributed by atoms with van der Waals surface area (Å²) in [4.78, 5) is 12.6. The minimum absolute atomic E-state index is 0.00627. The van der Waals surface area contributed by atoms with E-state index in [2.05, 4.69) is 60.3 Å². The lowest BCUT2D eigenvalue weighted by Gasteiger charge is -2.19. The zero-order valence-corrected chi connectivity index (χ0v) is 13.6. The van der Waals surface area contributed by atoms with Gasteiger partial charge >= 0.3 is 0 Å². The van der Waals surface area contributed by atoms with Gasteiger partial charge in [-0.25, -0.2) is 5.43 Å². The highest BCUT2D eigenvalue weighted by molar-refractivity contribution is 5.80. The molecule has 3 N–H and O–H groups in total. The molecule has 4 nitrogen and oxygen atoms in total. The van der Waals surface area contributed by atoms with Gasteiger partial charge in [-0.2, -0.15) is 0 Å². The molecule has 1 aliphatic rings. The molecule has 2 atom stereocenters. The third-order valence-electron chi connectivity index (χ3n) is 4.43. The number of amides is 1. The third-order valence-corrected chi connectivity index (χ3v) is 4.43. The zero-order valence-electron chi connectivity index (χ0n) is 13.6. The Morgan fingerprint density at radius 3 is 2.78 bits per heavy atom. The molecule has 0 aliphatic carbocycles. The van der Waals surface area contributed by atoms with Crippen molar-refractivity contribution in [3.8, 4) is 0 Å². The van der Waals surface area contributed by atoms with Crippen LogP contribution in [0.3, 0.4) is 0 Å². The van der Waals surface area contributed by atoms with Gasteiger partial charge in [-0.05, 0) is 30.5 Å². The Kier molecular flexibility index (Phi) is 4.74. The number of carbonyl (C=O) groups excluding carboxylic acids is 1. The SMILES string of the molecule is Cc1cccc(C2NNCC2C(=O)NCc2ccccc2C)c1. The first-order chi connectivity index (χ1) is 11.1. The molecular formula is C19H23N3O. The molecule has 2 unspecified atom stereocenters. The van der Waals surface area contributed by atoms with Crippen LogP contribution in [-0.4, -0.2) is 12.5 Å². The Labute approximate surface area is 137 Å². The van der Waals surface area contributed by atoms with Gasteiger partial charge < -0.3 is 5.32 Å². The molecular weight excluding hydrogens is 286 g/mol. The molecule has 23 heavy (non-hydrogen) atoms. The van der Waals surface area contributed by atoms with Gasteiger partial charge in [0.1, 0.15) is 0 Å². The molecule has 0 radical (unpaired) electrons. The van der Waals surface area contributed by atoms with E-state index in [0.29, 0.717) is 13.1 Å². The van der Waals surface area contributed by atoms with Gasteiger partial charge in [-0.1, -0.05) is 54.1 Å². The Hall–Kier alpha value is -2.17. The van der Waals surface area contributed by atoms with E-state index in [4.69, 9.17) is 0 Å². The summed E-state index contributed by atoms with van der Waals surface area (Å²) in [5.74, 6) is -0.0296. The van der Waals surface area contributed by atoms with Crippen LogP contribution < -0.4 is 16.2 Å². The Balaban J connectivity index is 1.68. The lowest BCUT2D eigenvalue weighted by molar-refractivity contribution is -0.125. The van der Waals surface area contributed by atoms with Gasteiger partial charge in [-0.15, -0.1) is 0 Å². The Morgan fingerprint density at radius 2 is 2.00 bits per heavy atom. The molecule has 3 rings (SSSR count). The Morgan fingerprint density at radius 1 is 1.17 bits per heavy atom. The zero-order chi connectivity index (χ0) is 16.2. The molecule has 0 aromatic heterocycles. The van der Waals surface area contributed by atoms with E-state index < -0.39 is 0 Å². The second-order valence-corrected chi connectivity index (χ2v) is 6.17. The van der Waals surface area contributed by atoms with Crippen molar-refractivity contribution in [2.24, 2.45) is 5.92 Å². The smallest absolute Gasteiger partial charge is 0.226 e. The van der Waals surface area contributed by atoms with Crippen LogP contribution in [-0.2, 0) is 11.3 Å². The number of hydrazine groups is 1. The van der Waals surface area contributed by atoms with Gasteiger partial charge in [0.15, 0.2) is 0 Å². The van der Waals surface area contributed by atoms with Crippen molar-refractivity contribution in [3.05, 3.63) is 70.8 Å². The summed E-state index contributed by atoms with van der Waals surface area (Å²) in [5, 5.41) is 3.08. The summed E-state index contributed by atoms with van der Waals surface area (Å²) in [6, 6.07) is 16.4. The maximum Gasteiger partial charge on any atom is 0.226 e. The first-order valence-corrected chi connectivity index (χ1v) is 8.02. The van der Waals surface area contributed by atoms with Crippen molar-refractivity contribution < 1.29 is 4.79 Å². The monoisotopic (exact) mass is 309 g/mol. The summed E-state index contributed by atoms with van der Waals surface area (Å²) in [6.45, 7) is 5.34. The fourth-order valence-corrected chi connectivity index (χ4v) is 3.04. The molecule has 1 aliphatic heterocycles. The van der Waals surface area contributed by atoms with E-state index >= 15 is 0 Å². The van der Waals surface area contributed by atoms with E-state index in [0.717, 1.165) is 11.1 Å². The average molecular weight is 309 g/mol. The summed E-state index contributed by atoms with van der Waals surface area (Å²) < 4.78 is 0. The normalized spacial score (nSPS) is 20.4. The van der Waals surface area contributed by atoms with Crippen LogP contribution in [0.25, 0.3) is 0 Å². The van der Waals surface area contributed by atoms with Gasteiger partial charge in [0.2, 0.25) is 5.91 Å². The first-order valence-electron chi connectivity index (χ1n) is 8.02. The predicted octanol–water partition coefficient (Wildman–Crippen LogP) is 2.38. The number of aryl methyl sites for hydroxylation is 2. The molecule has 1 fully saturated rings. The maximum atomic E-state index is 12.6. The van der Waals surface area contributed by atoms with Crippen molar-refractivity contribution in [3.63, 3.8) is 0 Å². The highest BCUT2D eigenvalue weighted by Gasteiger charge is 2.33. The van der Waals surface area contributed by atoms with Crippen LogP contribution in [0.2, 0.25) is 0 Å². The van der Waals surface area contributed by atoms with Crippen molar-refractivity contribution in [2.45, 2.75) is 26.4 Å². The number of hydrogen-bond acceptors (Lipinski definition) is 3. The van der Waals surface area contributed by atoms with E-state index in [1.54, 1.807) is 0 Å². The topological polar surface area (TPSA) is 53.2 Å². The molecule has 1 heterocycles. The van der Waals surface area contributed by atoms with E-state index in [1.807, 2.05) is 18.2 Å². The minimum atomic E-state index is -0.110. The maximum absolute atomic E-state index is 12.6. The summed E-state index contributed by atoms with van der Waals surface area (Å²) >= 11 is 0.